The third kappa shape index (κ3) is 4.03. The van der Waals surface area contributed by atoms with Crippen LogP contribution in [0.4, 0.5) is 10.1 Å². The lowest BCUT2D eigenvalue weighted by Gasteiger charge is -2.36. The lowest BCUT2D eigenvalue weighted by molar-refractivity contribution is 0.251. The summed E-state index contributed by atoms with van der Waals surface area (Å²) >= 11 is 0. The summed E-state index contributed by atoms with van der Waals surface area (Å²) in [5, 5.41) is 0.500. The molecular weight excluding hydrogens is 341 g/mol. The van der Waals surface area contributed by atoms with Gasteiger partial charge in [-0.25, -0.2) is 4.39 Å². The van der Waals surface area contributed by atoms with Gasteiger partial charge >= 0.3 is 0 Å². The minimum atomic E-state index is -0.274. The van der Waals surface area contributed by atoms with Gasteiger partial charge in [0.15, 0.2) is 5.43 Å². The van der Waals surface area contributed by atoms with Crippen LogP contribution in [0.25, 0.3) is 10.9 Å². The Bertz CT molecular complexity index is 850. The lowest BCUT2D eigenvalue weighted by atomic mass is 10.1. The van der Waals surface area contributed by atoms with Crippen LogP contribution >= 0.6 is 0 Å². The molecule has 0 N–H and O–H groups in total. The Balaban J connectivity index is 1.50. The van der Waals surface area contributed by atoms with E-state index in [0.717, 1.165) is 51.1 Å². The molecule has 2 aromatic rings. The Morgan fingerprint density at radius 3 is 2.56 bits per heavy atom. The Labute approximate surface area is 160 Å². The maximum absolute atomic E-state index is 14.8. The van der Waals surface area contributed by atoms with Gasteiger partial charge in [-0.3, -0.25) is 9.69 Å². The molecule has 4 rings (SSSR count). The average Bonchev–Trinajstić information content (AvgIpc) is 3.51. The molecule has 1 aliphatic carbocycles. The first-order chi connectivity index (χ1) is 13.2. The van der Waals surface area contributed by atoms with Crippen LogP contribution in [0.2, 0.25) is 0 Å². The van der Waals surface area contributed by atoms with Crippen molar-refractivity contribution in [2.24, 2.45) is 0 Å². The van der Waals surface area contributed by atoms with E-state index in [1.807, 2.05) is 12.3 Å². The highest BCUT2D eigenvalue weighted by atomic mass is 19.1. The van der Waals surface area contributed by atoms with Crippen LogP contribution < -0.4 is 10.3 Å². The first-order valence-corrected chi connectivity index (χ1v) is 10.5. The SMILES string of the molecule is CCCCCCN1CCN(c2cc3c(cc2F)c(=O)ccn3C2CC2)CC1. The van der Waals surface area contributed by atoms with E-state index in [1.54, 1.807) is 6.07 Å². The highest BCUT2D eigenvalue weighted by Gasteiger charge is 2.26. The van der Waals surface area contributed by atoms with Crippen molar-refractivity contribution in [2.75, 3.05) is 37.6 Å². The summed E-state index contributed by atoms with van der Waals surface area (Å²) in [6.45, 7) is 7.03. The molecule has 4 nitrogen and oxygen atoms in total. The van der Waals surface area contributed by atoms with Crippen LogP contribution in [0.5, 0.6) is 0 Å². The van der Waals surface area contributed by atoms with Crippen molar-refractivity contribution in [3.63, 3.8) is 0 Å². The van der Waals surface area contributed by atoms with Crippen LogP contribution in [-0.2, 0) is 0 Å². The molecule has 5 heteroatoms. The van der Waals surface area contributed by atoms with Gasteiger partial charge in [0.25, 0.3) is 0 Å². The average molecular weight is 372 g/mol. The normalized spacial score (nSPS) is 18.4. The predicted octanol–water partition coefficient (Wildman–Crippen LogP) is 4.18. The number of hydrogen-bond acceptors (Lipinski definition) is 3. The summed E-state index contributed by atoms with van der Waals surface area (Å²) in [7, 11) is 0. The molecule has 0 atom stereocenters. The standard InChI is InChI=1S/C22H30FN3O/c1-2-3-4-5-9-24-11-13-25(14-12-24)21-16-20-18(15-19(21)23)22(27)8-10-26(20)17-6-7-17/h8,10,15-17H,2-7,9,11-14H2,1H3. The molecule has 0 bridgehead atoms. The van der Waals surface area contributed by atoms with E-state index in [0.29, 0.717) is 17.1 Å². The number of rotatable bonds is 7. The summed E-state index contributed by atoms with van der Waals surface area (Å²) in [5.41, 5.74) is 1.43. The smallest absolute Gasteiger partial charge is 0.189 e. The van der Waals surface area contributed by atoms with Gasteiger partial charge in [-0.15, -0.1) is 0 Å². The fraction of sp³-hybridized carbons (Fsp3) is 0.591. The number of aromatic nitrogens is 1. The monoisotopic (exact) mass is 371 g/mol. The topological polar surface area (TPSA) is 28.5 Å². The Morgan fingerprint density at radius 1 is 1.07 bits per heavy atom. The molecule has 0 radical (unpaired) electrons. The van der Waals surface area contributed by atoms with Crippen molar-refractivity contribution >= 4 is 16.6 Å². The van der Waals surface area contributed by atoms with Crippen molar-refractivity contribution in [3.8, 4) is 0 Å². The second-order valence-electron chi connectivity index (χ2n) is 8.03. The van der Waals surface area contributed by atoms with E-state index in [2.05, 4.69) is 21.3 Å². The predicted molar refractivity (Wildman–Crippen MR) is 109 cm³/mol. The summed E-state index contributed by atoms with van der Waals surface area (Å²) < 4.78 is 17.0. The number of unbranched alkanes of at least 4 members (excludes halogenated alkanes) is 3. The van der Waals surface area contributed by atoms with Crippen molar-refractivity contribution in [1.29, 1.82) is 0 Å². The zero-order valence-corrected chi connectivity index (χ0v) is 16.3. The quantitative estimate of drug-likeness (QED) is 0.684. The number of fused-ring (bicyclic) bond motifs is 1. The van der Waals surface area contributed by atoms with E-state index in [-0.39, 0.29) is 11.2 Å². The van der Waals surface area contributed by atoms with Crippen LogP contribution in [-0.4, -0.2) is 42.2 Å². The maximum atomic E-state index is 14.8. The van der Waals surface area contributed by atoms with Crippen LogP contribution in [0.3, 0.4) is 0 Å². The third-order valence-electron chi connectivity index (χ3n) is 5.98. The lowest BCUT2D eigenvalue weighted by Crippen LogP contribution is -2.47. The second-order valence-corrected chi connectivity index (χ2v) is 8.03. The number of pyridine rings is 1. The minimum Gasteiger partial charge on any atom is -0.367 e. The minimum absolute atomic E-state index is 0.0933. The first-order valence-electron chi connectivity index (χ1n) is 10.5. The van der Waals surface area contributed by atoms with E-state index in [1.165, 1.54) is 31.7 Å². The van der Waals surface area contributed by atoms with Crippen molar-refractivity contribution in [1.82, 2.24) is 9.47 Å². The molecule has 0 spiro atoms. The molecule has 1 saturated heterocycles. The molecular formula is C22H30FN3O. The Kier molecular flexibility index (Phi) is 5.48. The summed E-state index contributed by atoms with van der Waals surface area (Å²) in [4.78, 5) is 16.8. The molecule has 146 valence electrons. The Hall–Kier alpha value is -1.88. The van der Waals surface area contributed by atoms with Crippen LogP contribution in [0.1, 0.15) is 51.5 Å². The van der Waals surface area contributed by atoms with Gasteiger partial charge in [-0.2, -0.15) is 0 Å². The molecule has 0 unspecified atom stereocenters. The number of halogens is 1. The molecule has 1 aromatic heterocycles. The summed E-state index contributed by atoms with van der Waals surface area (Å²) in [6.07, 6.45) is 9.29. The zero-order valence-electron chi connectivity index (χ0n) is 16.3. The van der Waals surface area contributed by atoms with Gasteiger partial charge in [0.2, 0.25) is 0 Å². The van der Waals surface area contributed by atoms with Crippen LogP contribution in [0, 0.1) is 5.82 Å². The number of benzene rings is 1. The largest absolute Gasteiger partial charge is 0.367 e. The van der Waals surface area contributed by atoms with Gasteiger partial charge in [0.1, 0.15) is 5.82 Å². The Morgan fingerprint density at radius 2 is 1.85 bits per heavy atom. The molecule has 1 saturated carbocycles. The summed E-state index contributed by atoms with van der Waals surface area (Å²) in [5.74, 6) is -0.274. The van der Waals surface area contributed by atoms with Gasteiger partial charge < -0.3 is 9.47 Å². The molecule has 27 heavy (non-hydrogen) atoms. The number of anilines is 1. The molecule has 1 aromatic carbocycles. The van der Waals surface area contributed by atoms with E-state index < -0.39 is 0 Å². The highest BCUT2D eigenvalue weighted by Crippen LogP contribution is 2.37. The number of nitrogens with zero attached hydrogens (tertiary/aromatic N) is 3. The second kappa shape index (κ2) is 8.01. The fourth-order valence-corrected chi connectivity index (χ4v) is 4.17. The van der Waals surface area contributed by atoms with Crippen molar-refractivity contribution < 1.29 is 4.39 Å². The summed E-state index contributed by atoms with van der Waals surface area (Å²) in [6, 6.07) is 5.38. The first kappa shape index (κ1) is 18.5. The number of hydrogen-bond donors (Lipinski definition) is 0. The van der Waals surface area contributed by atoms with E-state index >= 15 is 0 Å². The van der Waals surface area contributed by atoms with Crippen molar-refractivity contribution in [3.05, 3.63) is 40.4 Å². The molecule has 0 amide bonds. The van der Waals surface area contributed by atoms with Gasteiger partial charge in [-0.1, -0.05) is 26.2 Å². The molecule has 2 aliphatic rings. The van der Waals surface area contributed by atoms with Crippen LogP contribution in [0.15, 0.2) is 29.2 Å². The maximum Gasteiger partial charge on any atom is 0.189 e. The molecule has 2 fully saturated rings. The highest BCUT2D eigenvalue weighted by molar-refractivity contribution is 5.83. The third-order valence-corrected chi connectivity index (χ3v) is 5.98. The van der Waals surface area contributed by atoms with Crippen molar-refractivity contribution in [2.45, 2.75) is 51.5 Å². The zero-order chi connectivity index (χ0) is 18.8. The fourth-order valence-electron chi connectivity index (χ4n) is 4.17. The number of piperazine rings is 1. The molecule has 1 aliphatic heterocycles. The van der Waals surface area contributed by atoms with E-state index in [9.17, 15) is 9.18 Å². The van der Waals surface area contributed by atoms with Gasteiger partial charge in [0, 0.05) is 49.9 Å². The molecule has 2 heterocycles. The van der Waals surface area contributed by atoms with Gasteiger partial charge in [0.05, 0.1) is 11.2 Å². The van der Waals surface area contributed by atoms with E-state index in [4.69, 9.17) is 0 Å². The van der Waals surface area contributed by atoms with Gasteiger partial charge in [-0.05, 0) is 37.9 Å².